The van der Waals surface area contributed by atoms with E-state index in [2.05, 4.69) is 32.4 Å². The van der Waals surface area contributed by atoms with Crippen LogP contribution in [0.1, 0.15) is 33.1 Å². The second-order valence-corrected chi connectivity index (χ2v) is 3.94. The van der Waals surface area contributed by atoms with Crippen LogP contribution in [0.25, 0.3) is 0 Å². The van der Waals surface area contributed by atoms with Gasteiger partial charge in [-0.3, -0.25) is 0 Å². The maximum atomic E-state index is 3.71. The number of rotatable bonds is 7. The van der Waals surface area contributed by atoms with Crippen molar-refractivity contribution < 1.29 is 0 Å². The summed E-state index contributed by atoms with van der Waals surface area (Å²) in [6.45, 7) is 10.7. The molecule has 0 fully saturated rings. The zero-order valence-electron chi connectivity index (χ0n) is 8.84. The molecule has 0 aromatic carbocycles. The van der Waals surface area contributed by atoms with Gasteiger partial charge in [-0.15, -0.1) is 6.58 Å². The lowest BCUT2D eigenvalue weighted by molar-refractivity contribution is 0.290. The summed E-state index contributed by atoms with van der Waals surface area (Å²) >= 11 is 0. The van der Waals surface area contributed by atoms with Crippen LogP contribution in [0.5, 0.6) is 0 Å². The topological polar surface area (TPSA) is 3.24 Å². The third-order valence-corrected chi connectivity index (χ3v) is 1.87. The largest absolute Gasteiger partial charge is 0.306 e. The molecule has 0 aromatic heterocycles. The van der Waals surface area contributed by atoms with Gasteiger partial charge in [0.1, 0.15) is 0 Å². The van der Waals surface area contributed by atoms with E-state index in [1.165, 1.54) is 25.9 Å². The Kier molecular flexibility index (Phi) is 7.17. The molecule has 0 atom stereocenters. The van der Waals surface area contributed by atoms with E-state index in [1.807, 2.05) is 6.08 Å². The van der Waals surface area contributed by atoms with Gasteiger partial charge in [-0.25, -0.2) is 0 Å². The minimum absolute atomic E-state index is 0.786. The fourth-order valence-corrected chi connectivity index (χ4v) is 1.39. The highest BCUT2D eigenvalue weighted by Gasteiger charge is 1.99. The number of nitrogens with zero attached hydrogens (tertiary/aromatic N) is 1. The standard InChI is InChI=1S/C11H23N/c1-5-6-7-8-9-12(4)10-11(2)3/h5,11H,1,6-10H2,2-4H3. The van der Waals surface area contributed by atoms with Crippen molar-refractivity contribution in [1.29, 1.82) is 0 Å². The molecule has 0 aliphatic rings. The van der Waals surface area contributed by atoms with Crippen LogP contribution in [-0.2, 0) is 0 Å². The quantitative estimate of drug-likeness (QED) is 0.418. The second-order valence-electron chi connectivity index (χ2n) is 3.94. The van der Waals surface area contributed by atoms with Crippen molar-refractivity contribution in [1.82, 2.24) is 4.90 Å². The van der Waals surface area contributed by atoms with E-state index in [4.69, 9.17) is 0 Å². The minimum atomic E-state index is 0.786. The maximum Gasteiger partial charge on any atom is 0.000133 e. The lowest BCUT2D eigenvalue weighted by Gasteiger charge is -2.18. The van der Waals surface area contributed by atoms with Crippen LogP contribution in [0.2, 0.25) is 0 Å². The van der Waals surface area contributed by atoms with Crippen molar-refractivity contribution in [2.45, 2.75) is 33.1 Å². The van der Waals surface area contributed by atoms with E-state index >= 15 is 0 Å². The Bertz CT molecular complexity index is 108. The van der Waals surface area contributed by atoms with Crippen molar-refractivity contribution >= 4 is 0 Å². The summed E-state index contributed by atoms with van der Waals surface area (Å²) in [4.78, 5) is 2.41. The number of hydrogen-bond donors (Lipinski definition) is 0. The summed E-state index contributed by atoms with van der Waals surface area (Å²) in [5, 5.41) is 0. The van der Waals surface area contributed by atoms with Crippen LogP contribution in [0, 0.1) is 5.92 Å². The van der Waals surface area contributed by atoms with Gasteiger partial charge >= 0.3 is 0 Å². The zero-order chi connectivity index (χ0) is 9.40. The van der Waals surface area contributed by atoms with Crippen molar-refractivity contribution in [2.75, 3.05) is 20.1 Å². The first-order chi connectivity index (χ1) is 5.66. The zero-order valence-corrected chi connectivity index (χ0v) is 8.84. The van der Waals surface area contributed by atoms with Gasteiger partial charge in [-0.2, -0.15) is 0 Å². The van der Waals surface area contributed by atoms with Crippen LogP contribution in [0.4, 0.5) is 0 Å². The minimum Gasteiger partial charge on any atom is -0.306 e. The van der Waals surface area contributed by atoms with Crippen molar-refractivity contribution in [3.63, 3.8) is 0 Å². The Labute approximate surface area is 77.5 Å². The molecule has 0 heterocycles. The smallest absolute Gasteiger partial charge is 0.000133 e. The predicted octanol–water partition coefficient (Wildman–Crippen LogP) is 2.93. The van der Waals surface area contributed by atoms with Gasteiger partial charge in [0, 0.05) is 6.54 Å². The molecule has 72 valence electrons. The monoisotopic (exact) mass is 169 g/mol. The van der Waals surface area contributed by atoms with Gasteiger partial charge in [0.15, 0.2) is 0 Å². The molecular formula is C11H23N. The molecule has 12 heavy (non-hydrogen) atoms. The van der Waals surface area contributed by atoms with Gasteiger partial charge in [0.05, 0.1) is 0 Å². The fraction of sp³-hybridized carbons (Fsp3) is 0.818. The maximum absolute atomic E-state index is 3.71. The summed E-state index contributed by atoms with van der Waals surface area (Å²) < 4.78 is 0. The molecule has 0 unspecified atom stereocenters. The summed E-state index contributed by atoms with van der Waals surface area (Å²) in [7, 11) is 2.20. The Hall–Kier alpha value is -0.300. The predicted molar refractivity (Wildman–Crippen MR) is 56.4 cm³/mol. The molecule has 0 bridgehead atoms. The van der Waals surface area contributed by atoms with Gasteiger partial charge in [0.2, 0.25) is 0 Å². The van der Waals surface area contributed by atoms with Gasteiger partial charge in [0.25, 0.3) is 0 Å². The molecule has 0 saturated carbocycles. The molecule has 1 nitrogen and oxygen atoms in total. The lowest BCUT2D eigenvalue weighted by atomic mass is 10.2. The summed E-state index contributed by atoms with van der Waals surface area (Å²) in [6, 6.07) is 0. The van der Waals surface area contributed by atoms with E-state index in [1.54, 1.807) is 0 Å². The normalized spacial score (nSPS) is 11.1. The Morgan fingerprint density at radius 1 is 1.33 bits per heavy atom. The van der Waals surface area contributed by atoms with E-state index in [0.29, 0.717) is 0 Å². The lowest BCUT2D eigenvalue weighted by Crippen LogP contribution is -2.24. The van der Waals surface area contributed by atoms with Gasteiger partial charge < -0.3 is 4.90 Å². The third kappa shape index (κ3) is 7.80. The van der Waals surface area contributed by atoms with Crippen LogP contribution in [-0.4, -0.2) is 25.0 Å². The average Bonchev–Trinajstić information content (AvgIpc) is 1.97. The molecule has 0 radical (unpaired) electrons. The summed E-state index contributed by atoms with van der Waals surface area (Å²) in [6.07, 6.45) is 5.75. The molecule has 0 spiro atoms. The third-order valence-electron chi connectivity index (χ3n) is 1.87. The highest BCUT2D eigenvalue weighted by molar-refractivity contribution is 4.66. The van der Waals surface area contributed by atoms with Crippen molar-refractivity contribution in [2.24, 2.45) is 5.92 Å². The summed E-state index contributed by atoms with van der Waals surface area (Å²) in [5.74, 6) is 0.786. The van der Waals surface area contributed by atoms with Crippen LogP contribution in [0.3, 0.4) is 0 Å². The molecule has 0 aromatic rings. The van der Waals surface area contributed by atoms with Crippen LogP contribution in [0.15, 0.2) is 12.7 Å². The molecular weight excluding hydrogens is 146 g/mol. The first kappa shape index (κ1) is 11.7. The Morgan fingerprint density at radius 2 is 2.00 bits per heavy atom. The molecule has 0 aliphatic heterocycles. The van der Waals surface area contributed by atoms with Gasteiger partial charge in [-0.1, -0.05) is 19.9 Å². The van der Waals surface area contributed by atoms with E-state index in [9.17, 15) is 0 Å². The molecule has 0 rings (SSSR count). The summed E-state index contributed by atoms with van der Waals surface area (Å²) in [5.41, 5.74) is 0. The van der Waals surface area contributed by atoms with Gasteiger partial charge in [-0.05, 0) is 38.8 Å². The molecule has 0 aliphatic carbocycles. The average molecular weight is 169 g/mol. The Balaban J connectivity index is 3.19. The molecule has 0 saturated heterocycles. The highest BCUT2D eigenvalue weighted by atomic mass is 15.1. The van der Waals surface area contributed by atoms with Crippen LogP contribution >= 0.6 is 0 Å². The number of unbranched alkanes of at least 4 members (excludes halogenated alkanes) is 2. The first-order valence-electron chi connectivity index (χ1n) is 4.96. The van der Waals surface area contributed by atoms with Crippen molar-refractivity contribution in [3.05, 3.63) is 12.7 Å². The number of allylic oxidation sites excluding steroid dienone is 1. The van der Waals surface area contributed by atoms with E-state index < -0.39 is 0 Å². The SMILES string of the molecule is C=CCCCCN(C)CC(C)C. The van der Waals surface area contributed by atoms with E-state index in [0.717, 1.165) is 12.3 Å². The Morgan fingerprint density at radius 3 is 2.50 bits per heavy atom. The fourth-order valence-electron chi connectivity index (χ4n) is 1.39. The highest BCUT2D eigenvalue weighted by Crippen LogP contribution is 2.00. The van der Waals surface area contributed by atoms with E-state index in [-0.39, 0.29) is 0 Å². The van der Waals surface area contributed by atoms with Crippen LogP contribution < -0.4 is 0 Å². The molecule has 1 heteroatoms. The second kappa shape index (κ2) is 7.35. The number of hydrogen-bond acceptors (Lipinski definition) is 1. The first-order valence-corrected chi connectivity index (χ1v) is 4.96. The molecule has 0 N–H and O–H groups in total. The molecule has 0 amide bonds. The van der Waals surface area contributed by atoms with Crippen molar-refractivity contribution in [3.8, 4) is 0 Å².